The molecule has 0 spiro atoms. The van der Waals surface area contributed by atoms with E-state index in [1.54, 1.807) is 0 Å². The number of carbonyl (C=O) groups excluding carboxylic acids is 2. The molecule has 1 saturated heterocycles. The zero-order valence-electron chi connectivity index (χ0n) is 17.1. The van der Waals surface area contributed by atoms with E-state index in [1.807, 2.05) is 56.3 Å². The fourth-order valence-corrected chi connectivity index (χ4v) is 4.09. The van der Waals surface area contributed by atoms with Crippen molar-refractivity contribution in [2.24, 2.45) is 0 Å². The Bertz CT molecular complexity index is 926. The number of benzene rings is 2. The summed E-state index contributed by atoms with van der Waals surface area (Å²) in [7, 11) is 0. The third-order valence-electron chi connectivity index (χ3n) is 5.65. The molecule has 5 heteroatoms. The fourth-order valence-electron chi connectivity index (χ4n) is 4.09. The molecule has 4 rings (SSSR count). The Morgan fingerprint density at radius 3 is 2.03 bits per heavy atom. The van der Waals surface area contributed by atoms with Crippen LogP contribution in [0.5, 0.6) is 0 Å². The summed E-state index contributed by atoms with van der Waals surface area (Å²) in [5, 5.41) is 0. The van der Waals surface area contributed by atoms with Crippen molar-refractivity contribution in [3.05, 3.63) is 71.4 Å². The van der Waals surface area contributed by atoms with Crippen LogP contribution in [0.1, 0.15) is 24.5 Å². The molecule has 0 atom stereocenters. The average Bonchev–Trinajstić information content (AvgIpc) is 3.00. The van der Waals surface area contributed by atoms with Gasteiger partial charge < -0.3 is 9.80 Å². The smallest absolute Gasteiger partial charge is 0.277 e. The number of para-hydroxylation sites is 1. The number of hydrogen-bond acceptors (Lipinski definition) is 4. The van der Waals surface area contributed by atoms with Gasteiger partial charge >= 0.3 is 0 Å². The number of piperazine rings is 1. The molecule has 5 nitrogen and oxygen atoms in total. The second kappa shape index (κ2) is 8.11. The first-order valence-electron chi connectivity index (χ1n) is 10.3. The van der Waals surface area contributed by atoms with Crippen LogP contribution >= 0.6 is 0 Å². The lowest BCUT2D eigenvalue weighted by molar-refractivity contribution is -0.137. The van der Waals surface area contributed by atoms with Gasteiger partial charge in [-0.2, -0.15) is 0 Å². The molecular weight excluding hydrogens is 362 g/mol. The van der Waals surface area contributed by atoms with Crippen molar-refractivity contribution in [2.75, 3.05) is 37.6 Å². The average molecular weight is 389 g/mol. The minimum absolute atomic E-state index is 0.152. The topological polar surface area (TPSA) is 43.9 Å². The van der Waals surface area contributed by atoms with Gasteiger partial charge in [-0.3, -0.25) is 14.5 Å². The van der Waals surface area contributed by atoms with Gasteiger partial charge in [-0.15, -0.1) is 0 Å². The Balaban J connectivity index is 1.64. The van der Waals surface area contributed by atoms with Crippen molar-refractivity contribution in [3.63, 3.8) is 0 Å². The molecule has 0 radical (unpaired) electrons. The molecule has 2 amide bonds. The third kappa shape index (κ3) is 3.65. The molecule has 2 aliphatic rings. The maximum Gasteiger partial charge on any atom is 0.277 e. The molecule has 2 aromatic carbocycles. The monoisotopic (exact) mass is 389 g/mol. The largest absolute Gasteiger partial charge is 0.368 e. The lowest BCUT2D eigenvalue weighted by Crippen LogP contribution is -2.47. The maximum absolute atomic E-state index is 13.2. The quantitative estimate of drug-likeness (QED) is 0.736. The third-order valence-corrected chi connectivity index (χ3v) is 5.65. The summed E-state index contributed by atoms with van der Waals surface area (Å²) in [5.41, 5.74) is 4.28. The summed E-state index contributed by atoms with van der Waals surface area (Å²) in [5.74, 6) is -0.318. The summed E-state index contributed by atoms with van der Waals surface area (Å²) < 4.78 is 0. The lowest BCUT2D eigenvalue weighted by Gasteiger charge is -2.37. The van der Waals surface area contributed by atoms with Crippen LogP contribution in [0.2, 0.25) is 0 Å². The molecule has 0 unspecified atom stereocenters. The Morgan fingerprint density at radius 1 is 0.793 bits per heavy atom. The lowest BCUT2D eigenvalue weighted by atomic mass is 10.0. The molecular formula is C24H27N3O2. The molecule has 0 aliphatic carbocycles. The normalized spacial score (nSPS) is 17.5. The number of carbonyl (C=O) groups is 2. The summed E-state index contributed by atoms with van der Waals surface area (Å²) in [6.07, 6.45) is 0.758. The number of imide groups is 1. The van der Waals surface area contributed by atoms with Gasteiger partial charge in [0, 0.05) is 38.4 Å². The fraction of sp³-hybridized carbons (Fsp3) is 0.333. The zero-order chi connectivity index (χ0) is 20.4. The van der Waals surface area contributed by atoms with Gasteiger partial charge in [0.25, 0.3) is 11.8 Å². The van der Waals surface area contributed by atoms with E-state index >= 15 is 0 Å². The highest BCUT2D eigenvalue weighted by molar-refractivity contribution is 6.35. The van der Waals surface area contributed by atoms with Gasteiger partial charge in [0.05, 0.1) is 5.57 Å². The Hall–Kier alpha value is -3.08. The minimum atomic E-state index is -0.166. The number of aryl methyl sites for hydroxylation is 1. The van der Waals surface area contributed by atoms with E-state index in [0.717, 1.165) is 43.7 Å². The first kappa shape index (κ1) is 19.2. The summed E-state index contributed by atoms with van der Waals surface area (Å²) >= 11 is 0. The van der Waals surface area contributed by atoms with E-state index < -0.39 is 0 Å². The van der Waals surface area contributed by atoms with E-state index in [9.17, 15) is 9.59 Å². The summed E-state index contributed by atoms with van der Waals surface area (Å²) in [4.78, 5) is 32.2. The van der Waals surface area contributed by atoms with Gasteiger partial charge in [-0.1, -0.05) is 55.0 Å². The number of hydrogen-bond donors (Lipinski definition) is 0. The number of anilines is 1. The van der Waals surface area contributed by atoms with Crippen LogP contribution in [0.15, 0.2) is 60.3 Å². The van der Waals surface area contributed by atoms with Crippen molar-refractivity contribution in [2.45, 2.75) is 20.3 Å². The van der Waals surface area contributed by atoms with Crippen molar-refractivity contribution in [1.82, 2.24) is 9.80 Å². The minimum Gasteiger partial charge on any atom is -0.368 e. The van der Waals surface area contributed by atoms with Crippen LogP contribution in [-0.4, -0.2) is 54.3 Å². The second-order valence-electron chi connectivity index (χ2n) is 7.66. The predicted octanol–water partition coefficient (Wildman–Crippen LogP) is 3.31. The van der Waals surface area contributed by atoms with Crippen LogP contribution in [0.25, 0.3) is 5.57 Å². The van der Waals surface area contributed by atoms with Crippen LogP contribution in [-0.2, 0) is 9.59 Å². The Labute approximate surface area is 172 Å². The van der Waals surface area contributed by atoms with Gasteiger partial charge in [0.2, 0.25) is 0 Å². The van der Waals surface area contributed by atoms with E-state index in [4.69, 9.17) is 0 Å². The Morgan fingerprint density at radius 2 is 1.41 bits per heavy atom. The highest BCUT2D eigenvalue weighted by atomic mass is 16.2. The number of nitrogens with zero attached hydrogens (tertiary/aromatic N) is 3. The predicted molar refractivity (Wildman–Crippen MR) is 115 cm³/mol. The van der Waals surface area contributed by atoms with E-state index in [2.05, 4.69) is 21.9 Å². The SMILES string of the molecule is CCCN1C(=O)C(c2ccc(C)cc2)=C(N2CCN(c3ccccc3)CC2)C1=O. The van der Waals surface area contributed by atoms with Crippen LogP contribution in [0.4, 0.5) is 5.69 Å². The molecule has 150 valence electrons. The van der Waals surface area contributed by atoms with Gasteiger partial charge in [-0.05, 0) is 31.0 Å². The van der Waals surface area contributed by atoms with E-state index in [0.29, 0.717) is 17.8 Å². The highest BCUT2D eigenvalue weighted by Crippen LogP contribution is 2.32. The van der Waals surface area contributed by atoms with Gasteiger partial charge in [0.1, 0.15) is 5.70 Å². The Kier molecular flexibility index (Phi) is 5.38. The van der Waals surface area contributed by atoms with Crippen molar-refractivity contribution in [3.8, 4) is 0 Å². The van der Waals surface area contributed by atoms with E-state index in [1.165, 1.54) is 10.6 Å². The molecule has 2 heterocycles. The maximum atomic E-state index is 13.2. The first-order valence-corrected chi connectivity index (χ1v) is 10.3. The molecule has 1 fully saturated rings. The van der Waals surface area contributed by atoms with Gasteiger partial charge in [0.15, 0.2) is 0 Å². The van der Waals surface area contributed by atoms with Crippen molar-refractivity contribution >= 4 is 23.1 Å². The highest BCUT2D eigenvalue weighted by Gasteiger charge is 2.41. The standard InChI is InChI=1S/C24H27N3O2/c1-3-13-27-23(28)21(19-11-9-18(2)10-12-19)22(24(27)29)26-16-14-25(15-17-26)20-7-5-4-6-8-20/h4-12H,3,13-17H2,1-2H3. The molecule has 2 aromatic rings. The van der Waals surface area contributed by atoms with Crippen LogP contribution < -0.4 is 4.90 Å². The van der Waals surface area contributed by atoms with Gasteiger partial charge in [-0.25, -0.2) is 0 Å². The zero-order valence-corrected chi connectivity index (χ0v) is 17.1. The molecule has 0 N–H and O–H groups in total. The van der Waals surface area contributed by atoms with E-state index in [-0.39, 0.29) is 11.8 Å². The number of rotatable bonds is 5. The molecule has 0 bridgehead atoms. The van der Waals surface area contributed by atoms with Crippen LogP contribution in [0.3, 0.4) is 0 Å². The number of amides is 2. The molecule has 0 aromatic heterocycles. The first-order chi connectivity index (χ1) is 14.1. The van der Waals surface area contributed by atoms with Crippen molar-refractivity contribution in [1.29, 1.82) is 0 Å². The molecule has 0 saturated carbocycles. The summed E-state index contributed by atoms with van der Waals surface area (Å²) in [6.45, 7) is 7.56. The molecule has 29 heavy (non-hydrogen) atoms. The van der Waals surface area contributed by atoms with Crippen molar-refractivity contribution < 1.29 is 9.59 Å². The summed E-state index contributed by atoms with van der Waals surface area (Å²) in [6, 6.07) is 18.2. The second-order valence-corrected chi connectivity index (χ2v) is 7.66. The van der Waals surface area contributed by atoms with Crippen LogP contribution in [0, 0.1) is 6.92 Å². The molecule has 2 aliphatic heterocycles.